The van der Waals surface area contributed by atoms with Crippen molar-refractivity contribution in [2.75, 3.05) is 13.1 Å². The number of aliphatic imine (C=N–C) groups is 1. The van der Waals surface area contributed by atoms with E-state index >= 15 is 0 Å². The smallest absolute Gasteiger partial charge is 0.191 e. The maximum atomic E-state index is 5.93. The molecule has 0 aliphatic carbocycles. The second kappa shape index (κ2) is 4.30. The van der Waals surface area contributed by atoms with Crippen LogP contribution in [0, 0.1) is 0 Å². The minimum absolute atomic E-state index is 0.0351. The highest BCUT2D eigenvalue weighted by atomic mass is 15.3. The van der Waals surface area contributed by atoms with Crippen LogP contribution in [0.5, 0.6) is 0 Å². The Hall–Kier alpha value is -1.52. The summed E-state index contributed by atoms with van der Waals surface area (Å²) in [7, 11) is 1.97. The van der Waals surface area contributed by atoms with Gasteiger partial charge < -0.3 is 10.6 Å². The molecule has 1 aromatic heterocycles. The van der Waals surface area contributed by atoms with Crippen molar-refractivity contribution in [3.05, 3.63) is 17.5 Å². The summed E-state index contributed by atoms with van der Waals surface area (Å²) in [6, 6.07) is 0.234. The quantitative estimate of drug-likeness (QED) is 0.862. The predicted molar refractivity (Wildman–Crippen MR) is 73.5 cm³/mol. The Balaban J connectivity index is 2.40. The molecule has 18 heavy (non-hydrogen) atoms. The van der Waals surface area contributed by atoms with E-state index in [9.17, 15) is 0 Å². The van der Waals surface area contributed by atoms with Gasteiger partial charge in [-0.2, -0.15) is 5.10 Å². The number of guanidine groups is 1. The van der Waals surface area contributed by atoms with Gasteiger partial charge in [0.05, 0.1) is 18.3 Å². The zero-order chi connectivity index (χ0) is 13.5. The van der Waals surface area contributed by atoms with Crippen molar-refractivity contribution < 1.29 is 0 Å². The van der Waals surface area contributed by atoms with E-state index in [1.54, 1.807) is 0 Å². The first-order valence-corrected chi connectivity index (χ1v) is 6.45. The number of rotatable bonds is 2. The molecule has 100 valence electrons. The van der Waals surface area contributed by atoms with Gasteiger partial charge in [0, 0.05) is 30.8 Å². The maximum absolute atomic E-state index is 5.93. The van der Waals surface area contributed by atoms with E-state index in [1.165, 1.54) is 5.56 Å². The molecule has 1 aromatic rings. The lowest BCUT2D eigenvalue weighted by Gasteiger charge is -2.27. The molecule has 1 aliphatic heterocycles. The molecule has 0 aromatic carbocycles. The van der Waals surface area contributed by atoms with Crippen molar-refractivity contribution in [1.82, 2.24) is 14.7 Å². The lowest BCUT2D eigenvalue weighted by atomic mass is 9.87. The van der Waals surface area contributed by atoms with Crippen LogP contribution in [0.15, 0.2) is 11.2 Å². The zero-order valence-corrected chi connectivity index (χ0v) is 11.9. The lowest BCUT2D eigenvalue weighted by Crippen LogP contribution is -2.36. The third-order valence-corrected chi connectivity index (χ3v) is 3.36. The minimum atomic E-state index is 0.0351. The third kappa shape index (κ3) is 2.09. The summed E-state index contributed by atoms with van der Waals surface area (Å²) in [5.41, 5.74) is 8.35. The van der Waals surface area contributed by atoms with E-state index in [1.807, 2.05) is 11.7 Å². The molecule has 0 saturated heterocycles. The van der Waals surface area contributed by atoms with Crippen LogP contribution in [-0.2, 0) is 12.5 Å². The highest BCUT2D eigenvalue weighted by Crippen LogP contribution is 2.33. The normalized spacial score (nSPS) is 20.4. The molecule has 1 aliphatic rings. The largest absolute Gasteiger partial charge is 0.370 e. The van der Waals surface area contributed by atoms with E-state index < -0.39 is 0 Å². The van der Waals surface area contributed by atoms with Gasteiger partial charge in [-0.05, 0) is 6.92 Å². The molecule has 2 rings (SSSR count). The van der Waals surface area contributed by atoms with Crippen molar-refractivity contribution in [3.8, 4) is 0 Å². The molecular formula is C13H23N5. The molecule has 0 fully saturated rings. The molecule has 0 bridgehead atoms. The summed E-state index contributed by atoms with van der Waals surface area (Å²) in [6.07, 6.45) is 2.10. The number of nitrogens with two attached hydrogens (primary N) is 1. The number of nitrogens with zero attached hydrogens (tertiary/aromatic N) is 4. The van der Waals surface area contributed by atoms with Crippen molar-refractivity contribution >= 4 is 5.96 Å². The van der Waals surface area contributed by atoms with Crippen LogP contribution in [0.4, 0.5) is 0 Å². The standard InChI is InChI=1S/C13H23N5/c1-6-18-10(7-15-12(18)14)9-8-17(5)16-11(9)13(2,3)4/h8,10H,6-7H2,1-5H3,(H2,14,15). The monoisotopic (exact) mass is 249 g/mol. The molecular weight excluding hydrogens is 226 g/mol. The van der Waals surface area contributed by atoms with Crippen molar-refractivity contribution in [1.29, 1.82) is 0 Å². The zero-order valence-electron chi connectivity index (χ0n) is 11.9. The summed E-state index contributed by atoms with van der Waals surface area (Å²) in [5.74, 6) is 0.645. The Morgan fingerprint density at radius 2 is 2.11 bits per heavy atom. The van der Waals surface area contributed by atoms with Gasteiger partial charge >= 0.3 is 0 Å². The maximum Gasteiger partial charge on any atom is 0.191 e. The van der Waals surface area contributed by atoms with Crippen LogP contribution in [0.1, 0.15) is 45.0 Å². The summed E-state index contributed by atoms with van der Waals surface area (Å²) in [5, 5.41) is 4.62. The van der Waals surface area contributed by atoms with E-state index in [4.69, 9.17) is 5.73 Å². The Bertz CT molecular complexity index is 466. The molecule has 1 atom stereocenters. The Kier molecular flexibility index (Phi) is 3.09. The van der Waals surface area contributed by atoms with Crippen LogP contribution in [0.25, 0.3) is 0 Å². The molecule has 0 radical (unpaired) electrons. The second-order valence-electron chi connectivity index (χ2n) is 5.86. The topological polar surface area (TPSA) is 59.4 Å². The number of aryl methyl sites for hydroxylation is 1. The average Bonchev–Trinajstić information content (AvgIpc) is 2.80. The fourth-order valence-electron chi connectivity index (χ4n) is 2.51. The first kappa shape index (κ1) is 12.9. The van der Waals surface area contributed by atoms with Gasteiger partial charge in [-0.25, -0.2) is 0 Å². The van der Waals surface area contributed by atoms with Gasteiger partial charge in [-0.3, -0.25) is 9.67 Å². The second-order valence-corrected chi connectivity index (χ2v) is 5.86. The Labute approximate surface area is 109 Å². The molecule has 0 amide bonds. The molecule has 5 heteroatoms. The SMILES string of the molecule is CCN1C(N)=NCC1c1cn(C)nc1C(C)(C)C. The summed E-state index contributed by atoms with van der Waals surface area (Å²) in [6.45, 7) is 10.3. The number of hydrogen-bond acceptors (Lipinski definition) is 4. The van der Waals surface area contributed by atoms with Crippen molar-refractivity contribution in [2.24, 2.45) is 17.8 Å². The molecule has 1 unspecified atom stereocenters. The highest BCUT2D eigenvalue weighted by Gasteiger charge is 2.32. The number of aromatic nitrogens is 2. The van der Waals surface area contributed by atoms with E-state index in [0.29, 0.717) is 5.96 Å². The lowest BCUT2D eigenvalue weighted by molar-refractivity contribution is 0.358. The van der Waals surface area contributed by atoms with Gasteiger partial charge in [0.25, 0.3) is 0 Å². The van der Waals surface area contributed by atoms with Crippen molar-refractivity contribution in [2.45, 2.75) is 39.2 Å². The number of hydrogen-bond donors (Lipinski definition) is 1. The first-order chi connectivity index (χ1) is 8.34. The van der Waals surface area contributed by atoms with Crippen molar-refractivity contribution in [3.63, 3.8) is 0 Å². The van der Waals surface area contributed by atoms with E-state index in [0.717, 1.165) is 18.8 Å². The van der Waals surface area contributed by atoms with Crippen LogP contribution < -0.4 is 5.73 Å². The Morgan fingerprint density at radius 3 is 2.67 bits per heavy atom. The van der Waals surface area contributed by atoms with Gasteiger partial charge in [0.2, 0.25) is 0 Å². The van der Waals surface area contributed by atoms with Crippen LogP contribution >= 0.6 is 0 Å². The summed E-state index contributed by atoms with van der Waals surface area (Å²) in [4.78, 5) is 6.51. The minimum Gasteiger partial charge on any atom is -0.370 e. The molecule has 0 spiro atoms. The van der Waals surface area contributed by atoms with Gasteiger partial charge in [0.15, 0.2) is 5.96 Å². The predicted octanol–water partition coefficient (Wildman–Crippen LogP) is 1.41. The average molecular weight is 249 g/mol. The van der Waals surface area contributed by atoms with E-state index in [2.05, 4.69) is 48.9 Å². The molecule has 5 nitrogen and oxygen atoms in total. The fraction of sp³-hybridized carbons (Fsp3) is 0.692. The van der Waals surface area contributed by atoms with Crippen LogP contribution in [0.3, 0.4) is 0 Å². The van der Waals surface area contributed by atoms with Crippen LogP contribution in [0.2, 0.25) is 0 Å². The highest BCUT2D eigenvalue weighted by molar-refractivity contribution is 5.80. The summed E-state index contributed by atoms with van der Waals surface area (Å²) < 4.78 is 1.89. The molecule has 2 heterocycles. The first-order valence-electron chi connectivity index (χ1n) is 6.45. The molecule has 2 N–H and O–H groups in total. The van der Waals surface area contributed by atoms with Gasteiger partial charge in [-0.1, -0.05) is 20.8 Å². The Morgan fingerprint density at radius 1 is 1.44 bits per heavy atom. The van der Waals surface area contributed by atoms with E-state index in [-0.39, 0.29) is 11.5 Å². The van der Waals surface area contributed by atoms with Gasteiger partial charge in [-0.15, -0.1) is 0 Å². The van der Waals surface area contributed by atoms with Gasteiger partial charge in [0.1, 0.15) is 0 Å². The molecule has 0 saturated carbocycles. The summed E-state index contributed by atoms with van der Waals surface area (Å²) >= 11 is 0. The fourth-order valence-corrected chi connectivity index (χ4v) is 2.51. The number of likely N-dealkylation sites (N-methyl/N-ethyl adjacent to an activating group) is 1. The van der Waals surface area contributed by atoms with Crippen LogP contribution in [-0.4, -0.2) is 33.7 Å². The third-order valence-electron chi connectivity index (χ3n) is 3.36.